The molecule has 4 nitrogen and oxygen atoms in total. The van der Waals surface area contributed by atoms with Gasteiger partial charge in [0.1, 0.15) is 15.8 Å². The molecular weight excluding hydrogens is 270 g/mol. The van der Waals surface area contributed by atoms with Crippen LogP contribution in [-0.2, 0) is 13.1 Å². The van der Waals surface area contributed by atoms with Crippen LogP contribution in [0.3, 0.4) is 0 Å². The van der Waals surface area contributed by atoms with Gasteiger partial charge in [0, 0.05) is 30.2 Å². The van der Waals surface area contributed by atoms with Gasteiger partial charge in [0.25, 0.3) is 0 Å². The highest BCUT2D eigenvalue weighted by Crippen LogP contribution is 2.22. The Morgan fingerprint density at radius 3 is 2.78 bits per heavy atom. The molecule has 1 heterocycles. The van der Waals surface area contributed by atoms with Crippen molar-refractivity contribution in [3.8, 4) is 5.75 Å². The summed E-state index contributed by atoms with van der Waals surface area (Å²) in [5, 5.41) is 4.00. The normalized spacial score (nSPS) is 10.9. The van der Waals surface area contributed by atoms with Crippen LogP contribution in [0.4, 0.5) is 0 Å². The van der Waals surface area contributed by atoms with Crippen LogP contribution in [-0.4, -0.2) is 28.6 Å². The van der Waals surface area contributed by atoms with Crippen LogP contribution < -0.4 is 4.74 Å². The molecular formula is C12H14ClN3OS. The Morgan fingerprint density at radius 2 is 2.11 bits per heavy atom. The van der Waals surface area contributed by atoms with E-state index in [1.54, 1.807) is 7.11 Å². The van der Waals surface area contributed by atoms with Crippen molar-refractivity contribution in [3.63, 3.8) is 0 Å². The van der Waals surface area contributed by atoms with Crippen LogP contribution in [0.5, 0.6) is 5.75 Å². The number of benzene rings is 1. The van der Waals surface area contributed by atoms with Gasteiger partial charge in [-0.15, -0.1) is 5.10 Å². The second kappa shape index (κ2) is 6.13. The molecule has 0 aliphatic heterocycles. The monoisotopic (exact) mass is 283 g/mol. The van der Waals surface area contributed by atoms with Gasteiger partial charge in [-0.3, -0.25) is 4.90 Å². The summed E-state index contributed by atoms with van der Waals surface area (Å²) in [6, 6.07) is 7.98. The fraction of sp³-hybridized carbons (Fsp3) is 0.333. The van der Waals surface area contributed by atoms with Crippen LogP contribution in [0.25, 0.3) is 0 Å². The number of hydrogen-bond donors (Lipinski definition) is 0. The predicted octanol–water partition coefficient (Wildman–Crippen LogP) is 2.83. The molecule has 0 radical (unpaired) electrons. The molecule has 6 heteroatoms. The van der Waals surface area contributed by atoms with Crippen molar-refractivity contribution in [2.24, 2.45) is 0 Å². The second-order valence-corrected chi connectivity index (χ2v) is 5.33. The van der Waals surface area contributed by atoms with Crippen LogP contribution in [0.15, 0.2) is 24.3 Å². The smallest absolute Gasteiger partial charge is 0.138 e. The van der Waals surface area contributed by atoms with Crippen LogP contribution in [0.1, 0.15) is 11.3 Å². The lowest BCUT2D eigenvalue weighted by Crippen LogP contribution is -2.18. The molecule has 0 fully saturated rings. The van der Waals surface area contributed by atoms with Crippen molar-refractivity contribution in [1.29, 1.82) is 0 Å². The Bertz CT molecular complexity index is 518. The van der Waals surface area contributed by atoms with Gasteiger partial charge in [0.15, 0.2) is 0 Å². The average molecular weight is 284 g/mol. The van der Waals surface area contributed by atoms with E-state index in [9.17, 15) is 0 Å². The van der Waals surface area contributed by atoms with Gasteiger partial charge in [-0.2, -0.15) is 0 Å². The first kappa shape index (κ1) is 13.3. The van der Waals surface area contributed by atoms with Crippen molar-refractivity contribution in [2.75, 3.05) is 14.2 Å². The predicted molar refractivity (Wildman–Crippen MR) is 73.1 cm³/mol. The molecule has 96 valence electrons. The quantitative estimate of drug-likeness (QED) is 0.846. The third-order valence-corrected chi connectivity index (χ3v) is 3.55. The Labute approximate surface area is 115 Å². The zero-order valence-corrected chi connectivity index (χ0v) is 11.8. The van der Waals surface area contributed by atoms with E-state index in [-0.39, 0.29) is 0 Å². The Kier molecular flexibility index (Phi) is 4.52. The topological polar surface area (TPSA) is 38.2 Å². The molecule has 0 saturated heterocycles. The first-order chi connectivity index (χ1) is 8.70. The minimum atomic E-state index is 0.655. The third-order valence-electron chi connectivity index (χ3n) is 2.56. The lowest BCUT2D eigenvalue weighted by Gasteiger charge is -2.17. The summed E-state index contributed by atoms with van der Waals surface area (Å²) in [7, 11) is 3.70. The van der Waals surface area contributed by atoms with Gasteiger partial charge in [0.05, 0.1) is 7.11 Å². The molecule has 0 unspecified atom stereocenters. The summed E-state index contributed by atoms with van der Waals surface area (Å²) in [4.78, 5) is 2.13. The largest absolute Gasteiger partial charge is 0.496 e. The standard InChI is InChI=1S/C12H14ClN3OS/c1-16(8-10-12(13)18-15-14-10)7-9-5-3-4-6-11(9)17-2/h3-6H,7-8H2,1-2H3. The summed E-state index contributed by atoms with van der Waals surface area (Å²) in [5.41, 5.74) is 1.96. The maximum atomic E-state index is 5.99. The summed E-state index contributed by atoms with van der Waals surface area (Å²) in [5.74, 6) is 0.895. The average Bonchev–Trinajstić information content (AvgIpc) is 2.75. The molecule has 18 heavy (non-hydrogen) atoms. The minimum absolute atomic E-state index is 0.655. The zero-order chi connectivity index (χ0) is 13.0. The molecule has 0 atom stereocenters. The first-order valence-corrected chi connectivity index (χ1v) is 6.63. The fourth-order valence-electron chi connectivity index (χ4n) is 1.73. The van der Waals surface area contributed by atoms with E-state index in [1.165, 1.54) is 11.5 Å². The van der Waals surface area contributed by atoms with Gasteiger partial charge in [0.2, 0.25) is 0 Å². The number of ether oxygens (including phenoxy) is 1. The Balaban J connectivity index is 2.03. The van der Waals surface area contributed by atoms with Gasteiger partial charge < -0.3 is 4.74 Å². The van der Waals surface area contributed by atoms with Crippen LogP contribution in [0, 0.1) is 0 Å². The molecule has 0 aliphatic rings. The molecule has 2 aromatic rings. The lowest BCUT2D eigenvalue weighted by molar-refractivity contribution is 0.306. The maximum absolute atomic E-state index is 5.99. The first-order valence-electron chi connectivity index (χ1n) is 5.48. The maximum Gasteiger partial charge on any atom is 0.138 e. The highest BCUT2D eigenvalue weighted by atomic mass is 35.5. The van der Waals surface area contributed by atoms with E-state index < -0.39 is 0 Å². The molecule has 0 bridgehead atoms. The van der Waals surface area contributed by atoms with E-state index in [2.05, 4.69) is 20.6 Å². The number of nitrogens with zero attached hydrogens (tertiary/aromatic N) is 3. The highest BCUT2D eigenvalue weighted by molar-refractivity contribution is 7.10. The van der Waals surface area contributed by atoms with E-state index in [1.807, 2.05) is 25.2 Å². The van der Waals surface area contributed by atoms with Crippen LogP contribution >= 0.6 is 23.1 Å². The molecule has 0 spiro atoms. The molecule has 0 amide bonds. The Hall–Kier alpha value is -1.17. The number of rotatable bonds is 5. The number of para-hydroxylation sites is 1. The fourth-order valence-corrected chi connectivity index (χ4v) is 2.34. The minimum Gasteiger partial charge on any atom is -0.496 e. The van der Waals surface area contributed by atoms with Gasteiger partial charge >= 0.3 is 0 Å². The molecule has 0 saturated carbocycles. The molecule has 0 aliphatic carbocycles. The van der Waals surface area contributed by atoms with Crippen molar-refractivity contribution >= 4 is 23.1 Å². The van der Waals surface area contributed by atoms with Gasteiger partial charge in [-0.25, -0.2) is 0 Å². The number of halogens is 1. The highest BCUT2D eigenvalue weighted by Gasteiger charge is 2.10. The lowest BCUT2D eigenvalue weighted by atomic mass is 10.2. The summed E-state index contributed by atoms with van der Waals surface area (Å²) in [6.07, 6.45) is 0. The van der Waals surface area contributed by atoms with Crippen LogP contribution in [0.2, 0.25) is 4.34 Å². The van der Waals surface area contributed by atoms with E-state index in [0.717, 1.165) is 23.6 Å². The molecule has 1 aromatic heterocycles. The SMILES string of the molecule is COc1ccccc1CN(C)Cc1nnsc1Cl. The van der Waals surface area contributed by atoms with E-state index in [4.69, 9.17) is 16.3 Å². The van der Waals surface area contributed by atoms with Crippen molar-refractivity contribution in [1.82, 2.24) is 14.5 Å². The Morgan fingerprint density at radius 1 is 1.33 bits per heavy atom. The van der Waals surface area contributed by atoms with Crippen molar-refractivity contribution in [3.05, 3.63) is 39.9 Å². The number of methoxy groups -OCH3 is 1. The zero-order valence-electron chi connectivity index (χ0n) is 10.3. The third kappa shape index (κ3) is 3.19. The summed E-state index contributed by atoms with van der Waals surface area (Å²) >= 11 is 7.20. The van der Waals surface area contributed by atoms with Gasteiger partial charge in [-0.1, -0.05) is 34.3 Å². The van der Waals surface area contributed by atoms with Crippen molar-refractivity contribution < 1.29 is 4.74 Å². The van der Waals surface area contributed by atoms with Crippen molar-refractivity contribution in [2.45, 2.75) is 13.1 Å². The second-order valence-electron chi connectivity index (χ2n) is 3.98. The number of hydrogen-bond acceptors (Lipinski definition) is 5. The van der Waals surface area contributed by atoms with Gasteiger partial charge in [-0.05, 0) is 13.1 Å². The van der Waals surface area contributed by atoms with E-state index in [0.29, 0.717) is 10.9 Å². The summed E-state index contributed by atoms with van der Waals surface area (Å²) < 4.78 is 9.80. The molecule has 0 N–H and O–H groups in total. The summed E-state index contributed by atoms with van der Waals surface area (Å²) in [6.45, 7) is 1.45. The van der Waals surface area contributed by atoms with E-state index >= 15 is 0 Å². The molecule has 1 aromatic carbocycles. The number of aromatic nitrogens is 2. The molecule has 2 rings (SSSR count).